The van der Waals surface area contributed by atoms with Crippen LogP contribution in [0.3, 0.4) is 0 Å². The highest BCUT2D eigenvalue weighted by Gasteiger charge is 2.20. The minimum Gasteiger partial charge on any atom is -0.361 e. The van der Waals surface area contributed by atoms with Crippen molar-refractivity contribution in [3.63, 3.8) is 0 Å². The fourth-order valence-corrected chi connectivity index (χ4v) is 2.15. The molecule has 6 heteroatoms. The quantitative estimate of drug-likeness (QED) is 0.579. The van der Waals surface area contributed by atoms with Crippen LogP contribution >= 0.6 is 25.3 Å². The van der Waals surface area contributed by atoms with Crippen LogP contribution in [0.4, 0.5) is 9.59 Å². The second-order valence-electron chi connectivity index (χ2n) is 3.97. The van der Waals surface area contributed by atoms with Crippen molar-refractivity contribution >= 4 is 35.7 Å². The third-order valence-electron chi connectivity index (χ3n) is 2.71. The zero-order valence-electron chi connectivity index (χ0n) is 9.48. The topological polar surface area (TPSA) is 72.2 Å². The maximum atomic E-state index is 10.6. The van der Waals surface area contributed by atoms with E-state index >= 15 is 0 Å². The molecular formula is C10H20N2O2S2. The minimum absolute atomic E-state index is 0.201. The summed E-state index contributed by atoms with van der Waals surface area (Å²) < 4.78 is 0. The van der Waals surface area contributed by atoms with Crippen LogP contribution in [0.1, 0.15) is 39.0 Å². The summed E-state index contributed by atoms with van der Waals surface area (Å²) in [5.41, 5.74) is 4.34. The molecule has 0 bridgehead atoms. The molecule has 3 N–H and O–H groups in total. The van der Waals surface area contributed by atoms with E-state index in [4.69, 9.17) is 4.79 Å². The summed E-state index contributed by atoms with van der Waals surface area (Å²) in [5, 5.41) is 2.00. The number of nitrogens with one attached hydrogen (secondary N) is 1. The van der Waals surface area contributed by atoms with E-state index in [-0.39, 0.29) is 5.24 Å². The number of thiol groups is 2. The summed E-state index contributed by atoms with van der Waals surface area (Å²) in [7, 11) is 0. The molecule has 0 saturated heterocycles. The summed E-state index contributed by atoms with van der Waals surface area (Å²) in [6.07, 6.45) is 6.51. The number of primary amides is 1. The van der Waals surface area contributed by atoms with Crippen molar-refractivity contribution in [1.82, 2.24) is 5.32 Å². The van der Waals surface area contributed by atoms with Gasteiger partial charge in [0.15, 0.2) is 0 Å². The lowest BCUT2D eigenvalue weighted by atomic mass is 9.85. The van der Waals surface area contributed by atoms with Gasteiger partial charge in [0.2, 0.25) is 0 Å². The Bertz CT molecular complexity index is 227. The van der Waals surface area contributed by atoms with E-state index in [0.29, 0.717) is 12.0 Å². The summed E-state index contributed by atoms with van der Waals surface area (Å²) in [6.45, 7) is 2.07. The van der Waals surface area contributed by atoms with Crippen LogP contribution in [0.2, 0.25) is 0 Å². The number of nitrogens with two attached hydrogens (primary N) is 1. The molecule has 4 nitrogen and oxygen atoms in total. The van der Waals surface area contributed by atoms with Crippen LogP contribution in [0.5, 0.6) is 0 Å². The van der Waals surface area contributed by atoms with Gasteiger partial charge in [0.25, 0.3) is 10.5 Å². The molecule has 0 radical (unpaired) electrons. The third kappa shape index (κ3) is 8.91. The molecule has 16 heavy (non-hydrogen) atoms. The number of carbonyl (C=O) groups is 2. The van der Waals surface area contributed by atoms with E-state index in [1.807, 2.05) is 0 Å². The van der Waals surface area contributed by atoms with Gasteiger partial charge in [-0.3, -0.25) is 9.59 Å². The fraction of sp³-hybridized carbons (Fsp3) is 0.800. The Morgan fingerprint density at radius 1 is 1.25 bits per heavy atom. The number of carbonyl (C=O) groups excluding carboxylic acids is 2. The minimum atomic E-state index is -0.639. The first-order valence-electron chi connectivity index (χ1n) is 5.41. The van der Waals surface area contributed by atoms with Crippen LogP contribution < -0.4 is 11.1 Å². The van der Waals surface area contributed by atoms with Crippen molar-refractivity contribution in [2.24, 2.45) is 11.7 Å². The molecule has 1 aliphatic rings. The maximum absolute atomic E-state index is 10.6. The van der Waals surface area contributed by atoms with Crippen molar-refractivity contribution in [1.29, 1.82) is 0 Å². The number of hydrogen-bond donors (Lipinski definition) is 4. The lowest BCUT2D eigenvalue weighted by molar-refractivity contribution is 0.244. The van der Waals surface area contributed by atoms with E-state index < -0.39 is 5.24 Å². The van der Waals surface area contributed by atoms with Crippen molar-refractivity contribution in [2.75, 3.05) is 0 Å². The molecule has 1 saturated carbocycles. The van der Waals surface area contributed by atoms with Crippen LogP contribution in [0.15, 0.2) is 0 Å². The van der Waals surface area contributed by atoms with Gasteiger partial charge in [0.1, 0.15) is 0 Å². The Morgan fingerprint density at radius 2 is 1.69 bits per heavy atom. The van der Waals surface area contributed by atoms with Gasteiger partial charge < -0.3 is 11.1 Å². The molecule has 0 heterocycles. The van der Waals surface area contributed by atoms with E-state index in [0.717, 1.165) is 0 Å². The fourth-order valence-electron chi connectivity index (χ4n) is 1.95. The zero-order valence-corrected chi connectivity index (χ0v) is 11.3. The normalized spacial score (nSPS) is 17.9. The largest absolute Gasteiger partial charge is 0.361 e. The number of amides is 2. The highest BCUT2D eigenvalue weighted by atomic mass is 32.1. The number of hydrogen-bond acceptors (Lipinski definition) is 2. The lowest BCUT2D eigenvalue weighted by Crippen LogP contribution is -2.36. The van der Waals surface area contributed by atoms with Crippen molar-refractivity contribution in [2.45, 2.75) is 45.1 Å². The van der Waals surface area contributed by atoms with E-state index in [1.54, 1.807) is 0 Å². The first-order valence-corrected chi connectivity index (χ1v) is 6.30. The van der Waals surface area contributed by atoms with Crippen LogP contribution in [-0.2, 0) is 0 Å². The zero-order chi connectivity index (χ0) is 12.6. The average molecular weight is 264 g/mol. The molecule has 1 fully saturated rings. The molecule has 0 aromatic heterocycles. The maximum Gasteiger partial charge on any atom is 0.276 e. The van der Waals surface area contributed by atoms with Gasteiger partial charge in [-0.25, -0.2) is 0 Å². The van der Waals surface area contributed by atoms with Crippen molar-refractivity contribution in [3.05, 3.63) is 0 Å². The molecule has 1 atom stereocenters. The second kappa shape index (κ2) is 8.75. The first-order chi connectivity index (χ1) is 7.43. The smallest absolute Gasteiger partial charge is 0.276 e. The summed E-state index contributed by atoms with van der Waals surface area (Å²) in [5.74, 6) is 0.676. The monoisotopic (exact) mass is 264 g/mol. The molecule has 1 aliphatic carbocycles. The van der Waals surface area contributed by atoms with E-state index in [9.17, 15) is 4.79 Å². The molecule has 0 aliphatic heterocycles. The standard InChI is InChI=1S/C9H17NOS.CH3NOS/c1-7(10-9(11)12)8-5-3-2-4-6-8;2-1(3)4/h7-8H,2-6H2,1H3,(H2,10,11,12);(H3,2,3,4). The van der Waals surface area contributed by atoms with E-state index in [2.05, 4.69) is 43.2 Å². The van der Waals surface area contributed by atoms with Gasteiger partial charge >= 0.3 is 0 Å². The van der Waals surface area contributed by atoms with Gasteiger partial charge in [-0.15, -0.1) is 0 Å². The highest BCUT2D eigenvalue weighted by Crippen LogP contribution is 2.26. The number of rotatable bonds is 2. The van der Waals surface area contributed by atoms with Gasteiger partial charge in [-0.2, -0.15) is 0 Å². The van der Waals surface area contributed by atoms with Gasteiger partial charge in [-0.05, 0) is 25.7 Å². The van der Waals surface area contributed by atoms with Crippen molar-refractivity contribution in [3.8, 4) is 0 Å². The Hall–Kier alpha value is -0.360. The Balaban J connectivity index is 0.000000487. The van der Waals surface area contributed by atoms with Crippen LogP contribution in [0.25, 0.3) is 0 Å². The predicted octanol–water partition coefficient (Wildman–Crippen LogP) is 2.59. The third-order valence-corrected chi connectivity index (χ3v) is 2.84. The van der Waals surface area contributed by atoms with Crippen LogP contribution in [0, 0.1) is 5.92 Å². The van der Waals surface area contributed by atoms with Gasteiger partial charge in [0.05, 0.1) is 0 Å². The SMILES string of the molecule is CC(NC(=O)S)C1CCCCC1.NC(=O)S. The Morgan fingerprint density at radius 3 is 2.06 bits per heavy atom. The molecule has 1 unspecified atom stereocenters. The average Bonchev–Trinajstić information content (AvgIpc) is 2.17. The lowest BCUT2D eigenvalue weighted by Gasteiger charge is -2.27. The Kier molecular flexibility index (Phi) is 8.56. The highest BCUT2D eigenvalue weighted by molar-refractivity contribution is 7.96. The van der Waals surface area contributed by atoms with Gasteiger partial charge in [0, 0.05) is 6.04 Å². The molecule has 94 valence electrons. The second-order valence-corrected chi connectivity index (χ2v) is 4.82. The first kappa shape index (κ1) is 15.6. The summed E-state index contributed by atoms with van der Waals surface area (Å²) in [6, 6.07) is 0.301. The predicted molar refractivity (Wildman–Crippen MR) is 72.1 cm³/mol. The van der Waals surface area contributed by atoms with Crippen LogP contribution in [-0.4, -0.2) is 16.5 Å². The molecule has 1 rings (SSSR count). The molecular weight excluding hydrogens is 244 g/mol. The summed E-state index contributed by atoms with van der Waals surface area (Å²) >= 11 is 6.81. The molecule has 0 aromatic carbocycles. The molecule has 0 spiro atoms. The van der Waals surface area contributed by atoms with E-state index in [1.165, 1.54) is 32.1 Å². The summed E-state index contributed by atoms with van der Waals surface area (Å²) in [4.78, 5) is 19.7. The van der Waals surface area contributed by atoms with Crippen molar-refractivity contribution < 1.29 is 9.59 Å². The molecule has 0 aromatic rings. The Labute approximate surface area is 108 Å². The molecule has 2 amide bonds. The van der Waals surface area contributed by atoms with Gasteiger partial charge in [-0.1, -0.05) is 44.5 Å².